The molecule has 1 unspecified atom stereocenters. The predicted octanol–water partition coefficient (Wildman–Crippen LogP) is 3.86. The fourth-order valence-corrected chi connectivity index (χ4v) is 5.80. The summed E-state index contributed by atoms with van der Waals surface area (Å²) in [6.07, 6.45) is -0.277. The lowest BCUT2D eigenvalue weighted by Gasteiger charge is -2.26. The standard InChI is InChI=1S/C30H33N5O4/c1-17(36)25-27-28(39-30(2,3)38-27)26(37-25)21-16-32-24-23(21)34-22(14-31)35-29(24)33-15-20(18-10-6-4-7-11-18)19-12-8-5-9-13-19/h4-13,16,20-21,25-28H,14-15,31H2,1-3H3,(H,33,34,35)/t21?,25-,26+,27-,28+/m1/s1. The van der Waals surface area contributed by atoms with Crippen LogP contribution in [0, 0.1) is 0 Å². The van der Waals surface area contributed by atoms with Gasteiger partial charge in [0.15, 0.2) is 17.4 Å². The van der Waals surface area contributed by atoms with Gasteiger partial charge in [-0.05, 0) is 31.9 Å². The number of fused-ring (bicyclic) bond motifs is 2. The highest BCUT2D eigenvalue weighted by molar-refractivity contribution is 5.86. The number of hydrogen-bond donors (Lipinski definition) is 2. The third kappa shape index (κ3) is 4.87. The van der Waals surface area contributed by atoms with Gasteiger partial charge in [0.25, 0.3) is 0 Å². The van der Waals surface area contributed by atoms with Crippen molar-refractivity contribution in [1.82, 2.24) is 9.97 Å². The Balaban J connectivity index is 1.31. The molecular weight excluding hydrogens is 494 g/mol. The van der Waals surface area contributed by atoms with Crippen molar-refractivity contribution < 1.29 is 19.0 Å². The summed E-state index contributed by atoms with van der Waals surface area (Å²) in [5, 5.41) is 3.54. The number of nitrogens with two attached hydrogens (primary N) is 1. The van der Waals surface area contributed by atoms with Crippen LogP contribution in [0.1, 0.15) is 55.3 Å². The first kappa shape index (κ1) is 25.8. The second-order valence-electron chi connectivity index (χ2n) is 10.7. The van der Waals surface area contributed by atoms with Crippen molar-refractivity contribution in [3.63, 3.8) is 0 Å². The minimum atomic E-state index is -0.811. The van der Waals surface area contributed by atoms with Crippen LogP contribution in [0.3, 0.4) is 0 Å². The first-order valence-electron chi connectivity index (χ1n) is 13.3. The van der Waals surface area contributed by atoms with E-state index in [4.69, 9.17) is 34.9 Å². The molecule has 2 saturated heterocycles. The van der Waals surface area contributed by atoms with Gasteiger partial charge in [-0.15, -0.1) is 0 Å². The SMILES string of the molecule is CC(=O)[C@H]1O[C@@H](C2C=Nc3c(NCC(c4ccccc4)c4ccccc4)nc(CN)nc32)[C@@H]2OC(C)(C)O[C@@H]21. The highest BCUT2D eigenvalue weighted by Crippen LogP contribution is 2.47. The van der Waals surface area contributed by atoms with Gasteiger partial charge in [-0.1, -0.05) is 60.7 Å². The largest absolute Gasteiger partial charge is 0.367 e. The Labute approximate surface area is 227 Å². The van der Waals surface area contributed by atoms with E-state index in [0.717, 1.165) is 0 Å². The Bertz CT molecular complexity index is 1340. The molecule has 39 heavy (non-hydrogen) atoms. The maximum atomic E-state index is 12.4. The monoisotopic (exact) mass is 527 g/mol. The van der Waals surface area contributed by atoms with E-state index in [1.807, 2.05) is 56.5 Å². The van der Waals surface area contributed by atoms with Gasteiger partial charge in [-0.2, -0.15) is 0 Å². The zero-order chi connectivity index (χ0) is 27.1. The second kappa shape index (κ2) is 10.2. The van der Waals surface area contributed by atoms with Crippen LogP contribution in [0.5, 0.6) is 0 Å². The van der Waals surface area contributed by atoms with Crippen LogP contribution < -0.4 is 11.1 Å². The lowest BCUT2D eigenvalue weighted by atomic mass is 9.91. The summed E-state index contributed by atoms with van der Waals surface area (Å²) in [6.45, 7) is 5.99. The van der Waals surface area contributed by atoms with E-state index in [-0.39, 0.29) is 24.2 Å². The summed E-state index contributed by atoms with van der Waals surface area (Å²) in [4.78, 5) is 26.6. The van der Waals surface area contributed by atoms with Crippen LogP contribution in [-0.2, 0) is 25.5 Å². The van der Waals surface area contributed by atoms with Crippen LogP contribution in [0.15, 0.2) is 65.7 Å². The molecule has 9 heteroatoms. The number of aromatic nitrogens is 2. The van der Waals surface area contributed by atoms with E-state index in [2.05, 4.69) is 29.6 Å². The number of hydrogen-bond acceptors (Lipinski definition) is 9. The van der Waals surface area contributed by atoms with Gasteiger partial charge in [0.2, 0.25) is 0 Å². The molecule has 1 aromatic heterocycles. The number of nitrogens with zero attached hydrogens (tertiary/aromatic N) is 3. The second-order valence-corrected chi connectivity index (χ2v) is 10.7. The van der Waals surface area contributed by atoms with Crippen molar-refractivity contribution in [2.75, 3.05) is 11.9 Å². The first-order chi connectivity index (χ1) is 18.8. The molecule has 0 bridgehead atoms. The molecule has 4 heterocycles. The van der Waals surface area contributed by atoms with Crippen LogP contribution in [0.4, 0.5) is 11.5 Å². The Hall–Kier alpha value is -3.50. The number of nitrogens with one attached hydrogen (secondary N) is 1. The van der Waals surface area contributed by atoms with Crippen molar-refractivity contribution >= 4 is 23.5 Å². The quantitative estimate of drug-likeness (QED) is 0.453. The van der Waals surface area contributed by atoms with Crippen molar-refractivity contribution in [3.05, 3.63) is 83.3 Å². The smallest absolute Gasteiger partial charge is 0.164 e. The summed E-state index contributed by atoms with van der Waals surface area (Å²) >= 11 is 0. The molecule has 2 aromatic carbocycles. The molecule has 0 radical (unpaired) electrons. The third-order valence-electron chi connectivity index (χ3n) is 7.54. The Morgan fingerprint density at radius 3 is 2.23 bits per heavy atom. The normalized spacial score (nSPS) is 26.5. The van der Waals surface area contributed by atoms with Crippen LogP contribution >= 0.6 is 0 Å². The number of ether oxygens (including phenoxy) is 3. The lowest BCUT2D eigenvalue weighted by Crippen LogP contribution is -2.34. The number of rotatable bonds is 8. The Morgan fingerprint density at radius 1 is 0.974 bits per heavy atom. The molecule has 0 amide bonds. The fraction of sp³-hybridized carbons (Fsp3) is 0.400. The highest BCUT2D eigenvalue weighted by atomic mass is 16.8. The van der Waals surface area contributed by atoms with Gasteiger partial charge in [0.1, 0.15) is 35.9 Å². The van der Waals surface area contributed by atoms with E-state index < -0.39 is 30.2 Å². The van der Waals surface area contributed by atoms with Crippen LogP contribution in [-0.4, -0.2) is 58.7 Å². The number of carbonyl (C=O) groups is 1. The maximum absolute atomic E-state index is 12.4. The number of aliphatic imine (C=N–C) groups is 1. The summed E-state index contributed by atoms with van der Waals surface area (Å²) in [7, 11) is 0. The van der Waals surface area contributed by atoms with Gasteiger partial charge in [0.05, 0.1) is 18.2 Å². The molecule has 3 N–H and O–H groups in total. The predicted molar refractivity (Wildman–Crippen MR) is 147 cm³/mol. The number of anilines is 1. The molecule has 3 aliphatic rings. The van der Waals surface area contributed by atoms with Crippen molar-refractivity contribution in [2.45, 2.75) is 69.4 Å². The molecule has 3 aromatic rings. The summed E-state index contributed by atoms with van der Waals surface area (Å²) in [5.74, 6) is -0.00955. The minimum absolute atomic E-state index is 0.0930. The number of ketones is 1. The molecule has 3 aliphatic heterocycles. The number of Topliss-reactive ketones (excluding diaryl/α,β-unsaturated/α-hetero) is 1. The zero-order valence-corrected chi connectivity index (χ0v) is 22.3. The van der Waals surface area contributed by atoms with Gasteiger partial charge in [0, 0.05) is 18.7 Å². The molecule has 0 saturated carbocycles. The van der Waals surface area contributed by atoms with E-state index in [9.17, 15) is 4.79 Å². The molecule has 2 fully saturated rings. The van der Waals surface area contributed by atoms with E-state index in [1.54, 1.807) is 0 Å². The van der Waals surface area contributed by atoms with Crippen molar-refractivity contribution in [2.24, 2.45) is 10.7 Å². The third-order valence-corrected chi connectivity index (χ3v) is 7.54. The fourth-order valence-electron chi connectivity index (χ4n) is 5.80. The molecular formula is C30H33N5O4. The van der Waals surface area contributed by atoms with Gasteiger partial charge < -0.3 is 25.3 Å². The number of carbonyl (C=O) groups excluding carboxylic acids is 1. The summed E-state index contributed by atoms with van der Waals surface area (Å²) in [6, 6.07) is 20.8. The topological polar surface area (TPSA) is 121 Å². The molecule has 0 aliphatic carbocycles. The Kier molecular flexibility index (Phi) is 6.76. The molecule has 202 valence electrons. The molecule has 5 atom stereocenters. The first-order valence-corrected chi connectivity index (χ1v) is 13.3. The van der Waals surface area contributed by atoms with Crippen molar-refractivity contribution in [3.8, 4) is 0 Å². The van der Waals surface area contributed by atoms with Gasteiger partial charge >= 0.3 is 0 Å². The van der Waals surface area contributed by atoms with Gasteiger partial charge in [-0.25, -0.2) is 9.97 Å². The molecule has 9 nitrogen and oxygen atoms in total. The highest BCUT2D eigenvalue weighted by Gasteiger charge is 2.59. The lowest BCUT2D eigenvalue weighted by molar-refractivity contribution is -0.188. The zero-order valence-electron chi connectivity index (χ0n) is 22.3. The summed E-state index contributed by atoms with van der Waals surface area (Å²) < 4.78 is 18.5. The summed E-state index contributed by atoms with van der Waals surface area (Å²) in [5.41, 5.74) is 9.78. The average Bonchev–Trinajstić information content (AvgIpc) is 3.60. The molecule has 6 rings (SSSR count). The van der Waals surface area contributed by atoms with Crippen molar-refractivity contribution in [1.29, 1.82) is 0 Å². The average molecular weight is 528 g/mol. The van der Waals surface area contributed by atoms with Crippen LogP contribution in [0.2, 0.25) is 0 Å². The van der Waals surface area contributed by atoms with E-state index in [1.165, 1.54) is 18.1 Å². The number of benzene rings is 2. The minimum Gasteiger partial charge on any atom is -0.367 e. The van der Waals surface area contributed by atoms with Gasteiger partial charge in [-0.3, -0.25) is 9.79 Å². The van der Waals surface area contributed by atoms with E-state index in [0.29, 0.717) is 29.6 Å². The van der Waals surface area contributed by atoms with Crippen LogP contribution in [0.25, 0.3) is 0 Å². The molecule has 0 spiro atoms. The van der Waals surface area contributed by atoms with E-state index >= 15 is 0 Å². The Morgan fingerprint density at radius 2 is 1.62 bits per heavy atom. The maximum Gasteiger partial charge on any atom is 0.164 e.